The number of methoxy groups -OCH3 is 2. The number of ether oxygens (including phenoxy) is 2. The van der Waals surface area contributed by atoms with E-state index in [-0.39, 0.29) is 12.1 Å². The van der Waals surface area contributed by atoms with Crippen molar-refractivity contribution >= 4 is 39.8 Å². The maximum Gasteiger partial charge on any atom is 0.326 e. The molecule has 2 aromatic rings. The van der Waals surface area contributed by atoms with E-state index in [0.717, 1.165) is 40.9 Å². The Bertz CT molecular complexity index is 886. The summed E-state index contributed by atoms with van der Waals surface area (Å²) in [5.74, 6) is 0.559. The first-order chi connectivity index (χ1) is 13.5. The molecule has 28 heavy (non-hydrogen) atoms. The van der Waals surface area contributed by atoms with Gasteiger partial charge < -0.3 is 19.3 Å². The third kappa shape index (κ3) is 3.49. The van der Waals surface area contributed by atoms with Gasteiger partial charge in [-0.15, -0.1) is 0 Å². The zero-order valence-electron chi connectivity index (χ0n) is 16.0. The molecule has 0 N–H and O–H groups in total. The van der Waals surface area contributed by atoms with Crippen molar-refractivity contribution in [2.45, 2.75) is 19.1 Å². The van der Waals surface area contributed by atoms with Crippen LogP contribution in [0.4, 0.5) is 15.6 Å². The lowest BCUT2D eigenvalue weighted by Crippen LogP contribution is -2.57. The molecule has 2 amide bonds. The Morgan fingerprint density at radius 2 is 2.18 bits per heavy atom. The van der Waals surface area contributed by atoms with Crippen LogP contribution in [0.15, 0.2) is 12.3 Å². The third-order valence-corrected chi connectivity index (χ3v) is 6.57. The Kier molecular flexibility index (Phi) is 5.31. The van der Waals surface area contributed by atoms with Gasteiger partial charge >= 0.3 is 6.03 Å². The summed E-state index contributed by atoms with van der Waals surface area (Å²) in [6.07, 6.45) is 2.71. The van der Waals surface area contributed by atoms with Gasteiger partial charge in [0.15, 0.2) is 16.0 Å². The molecule has 0 aliphatic carbocycles. The quantitative estimate of drug-likeness (QED) is 0.704. The number of anilines is 2. The predicted octanol–water partition coefficient (Wildman–Crippen LogP) is 2.65. The van der Waals surface area contributed by atoms with Crippen LogP contribution in [0.3, 0.4) is 0 Å². The first-order valence-corrected chi connectivity index (χ1v) is 10.2. The number of fused-ring (bicyclic) bond motifs is 1. The number of hydrogen-bond acceptors (Lipinski definition) is 7. The van der Waals surface area contributed by atoms with Crippen LogP contribution >= 0.6 is 22.9 Å². The lowest BCUT2D eigenvalue weighted by Gasteiger charge is -2.39. The number of urea groups is 1. The molecule has 0 aromatic carbocycles. The van der Waals surface area contributed by atoms with Crippen molar-refractivity contribution < 1.29 is 14.3 Å². The monoisotopic (exact) mass is 423 g/mol. The van der Waals surface area contributed by atoms with Crippen LogP contribution in [0.2, 0.25) is 5.15 Å². The third-order valence-electron chi connectivity index (χ3n) is 5.12. The molecule has 1 saturated heterocycles. The zero-order chi connectivity index (χ0) is 19.8. The van der Waals surface area contributed by atoms with E-state index in [1.165, 1.54) is 0 Å². The molecular weight excluding hydrogens is 402 g/mol. The second-order valence-electron chi connectivity index (χ2n) is 6.83. The van der Waals surface area contributed by atoms with Crippen molar-refractivity contribution in [3.05, 3.63) is 28.0 Å². The highest BCUT2D eigenvalue weighted by atomic mass is 35.5. The van der Waals surface area contributed by atoms with E-state index < -0.39 is 0 Å². The molecule has 1 fully saturated rings. The number of nitrogens with zero attached hydrogens (tertiary/aromatic N) is 5. The number of aromatic nitrogens is 2. The number of carbonyl (C=O) groups is 1. The Labute approximate surface area is 172 Å². The largest absolute Gasteiger partial charge is 0.493 e. The number of amides is 2. The van der Waals surface area contributed by atoms with Crippen molar-refractivity contribution in [3.8, 4) is 5.75 Å². The second-order valence-corrected chi connectivity index (χ2v) is 8.25. The number of likely N-dealkylation sites (tertiary alicyclic amines) is 1. The van der Waals surface area contributed by atoms with Crippen LogP contribution in [-0.4, -0.2) is 67.9 Å². The molecule has 10 heteroatoms. The van der Waals surface area contributed by atoms with Gasteiger partial charge in [-0.3, -0.25) is 4.90 Å². The number of thiazole rings is 1. The smallest absolute Gasteiger partial charge is 0.326 e. The molecule has 150 valence electrons. The van der Waals surface area contributed by atoms with Crippen molar-refractivity contribution in [1.29, 1.82) is 0 Å². The van der Waals surface area contributed by atoms with Crippen LogP contribution < -0.4 is 14.5 Å². The molecule has 0 saturated carbocycles. The summed E-state index contributed by atoms with van der Waals surface area (Å²) in [5.41, 5.74) is 2.01. The molecule has 0 spiro atoms. The van der Waals surface area contributed by atoms with Crippen molar-refractivity contribution in [2.75, 3.05) is 50.7 Å². The van der Waals surface area contributed by atoms with Gasteiger partial charge in [-0.25, -0.2) is 14.8 Å². The number of halogens is 1. The minimum absolute atomic E-state index is 0.0390. The Morgan fingerprint density at radius 1 is 1.39 bits per heavy atom. The summed E-state index contributed by atoms with van der Waals surface area (Å²) in [5, 5.41) is 1.08. The lowest BCUT2D eigenvalue weighted by atomic mass is 10.1. The molecule has 2 aromatic heterocycles. The summed E-state index contributed by atoms with van der Waals surface area (Å²) in [6.45, 7) is 2.80. The first kappa shape index (κ1) is 19.2. The van der Waals surface area contributed by atoms with Crippen LogP contribution in [0.5, 0.6) is 5.75 Å². The standard InChI is InChI=1S/C18H22ClN5O3S/c1-22(18(25)24-8-12(9-24)26-2)17-21-13-4-5-23(10-15(13)28-17)11-6-14(27-3)16(19)20-7-11/h6-7,12H,4-5,8-10H2,1-3H3. The zero-order valence-corrected chi connectivity index (χ0v) is 17.6. The summed E-state index contributed by atoms with van der Waals surface area (Å²) < 4.78 is 10.5. The molecule has 8 nitrogen and oxygen atoms in total. The highest BCUT2D eigenvalue weighted by Gasteiger charge is 2.34. The van der Waals surface area contributed by atoms with Crippen LogP contribution in [0.25, 0.3) is 0 Å². The van der Waals surface area contributed by atoms with Crippen LogP contribution in [-0.2, 0) is 17.7 Å². The molecule has 2 aliphatic rings. The van der Waals surface area contributed by atoms with Gasteiger partial charge in [0.1, 0.15) is 0 Å². The van der Waals surface area contributed by atoms with E-state index in [1.807, 2.05) is 6.07 Å². The molecule has 4 heterocycles. The van der Waals surface area contributed by atoms with Gasteiger partial charge in [-0.1, -0.05) is 22.9 Å². The van der Waals surface area contributed by atoms with E-state index in [2.05, 4.69) is 9.88 Å². The summed E-state index contributed by atoms with van der Waals surface area (Å²) in [6, 6.07) is 1.86. The van der Waals surface area contributed by atoms with Gasteiger partial charge in [-0.05, 0) is 0 Å². The van der Waals surface area contributed by atoms with Gasteiger partial charge in [0.2, 0.25) is 0 Å². The Morgan fingerprint density at radius 3 is 2.89 bits per heavy atom. The van der Waals surface area contributed by atoms with Crippen LogP contribution in [0, 0.1) is 0 Å². The fraction of sp³-hybridized carbons (Fsp3) is 0.500. The molecular formula is C18H22ClN5O3S. The normalized spacial score (nSPS) is 16.6. The fourth-order valence-electron chi connectivity index (χ4n) is 3.32. The van der Waals surface area contributed by atoms with Gasteiger partial charge in [0.05, 0.1) is 50.4 Å². The number of carbonyl (C=O) groups excluding carboxylic acids is 1. The average Bonchev–Trinajstić information content (AvgIpc) is 3.10. The molecule has 2 aliphatic heterocycles. The van der Waals surface area contributed by atoms with E-state index in [9.17, 15) is 4.79 Å². The van der Waals surface area contributed by atoms with E-state index in [1.54, 1.807) is 48.6 Å². The van der Waals surface area contributed by atoms with E-state index in [4.69, 9.17) is 26.1 Å². The molecule has 0 radical (unpaired) electrons. The fourth-order valence-corrected chi connectivity index (χ4v) is 4.57. The second kappa shape index (κ2) is 7.73. The van der Waals surface area contributed by atoms with Crippen molar-refractivity contribution in [3.63, 3.8) is 0 Å². The van der Waals surface area contributed by atoms with E-state index in [0.29, 0.717) is 24.0 Å². The highest BCUT2D eigenvalue weighted by molar-refractivity contribution is 7.16. The Hall–Kier alpha value is -2.10. The van der Waals surface area contributed by atoms with Crippen molar-refractivity contribution in [1.82, 2.24) is 14.9 Å². The minimum atomic E-state index is -0.0390. The molecule has 0 bridgehead atoms. The molecule has 0 atom stereocenters. The van der Waals surface area contributed by atoms with Gasteiger partial charge in [-0.2, -0.15) is 0 Å². The maximum atomic E-state index is 12.6. The van der Waals surface area contributed by atoms with E-state index >= 15 is 0 Å². The molecule has 4 rings (SSSR count). The number of rotatable bonds is 4. The van der Waals surface area contributed by atoms with Gasteiger partial charge in [0, 0.05) is 38.1 Å². The molecule has 0 unspecified atom stereocenters. The summed E-state index contributed by atoms with van der Waals surface area (Å²) in [7, 11) is 5.03. The number of pyridine rings is 1. The van der Waals surface area contributed by atoms with Gasteiger partial charge in [0.25, 0.3) is 0 Å². The maximum absolute atomic E-state index is 12.6. The minimum Gasteiger partial charge on any atom is -0.493 e. The average molecular weight is 424 g/mol. The summed E-state index contributed by atoms with van der Waals surface area (Å²) in [4.78, 5) is 28.3. The first-order valence-electron chi connectivity index (χ1n) is 8.98. The highest BCUT2D eigenvalue weighted by Crippen LogP contribution is 2.34. The summed E-state index contributed by atoms with van der Waals surface area (Å²) >= 11 is 7.59. The SMILES string of the molecule is COc1cc(N2CCc3nc(N(C)C(=O)N4CC(OC)C4)sc3C2)cnc1Cl. The van der Waals surface area contributed by atoms with Crippen molar-refractivity contribution in [2.24, 2.45) is 0 Å². The number of hydrogen-bond donors (Lipinski definition) is 0. The van der Waals surface area contributed by atoms with Crippen LogP contribution in [0.1, 0.15) is 10.6 Å². The Balaban J connectivity index is 1.47. The topological polar surface area (TPSA) is 71.0 Å². The predicted molar refractivity (Wildman–Crippen MR) is 109 cm³/mol. The lowest BCUT2D eigenvalue weighted by molar-refractivity contribution is -0.00589.